The predicted molar refractivity (Wildman–Crippen MR) is 95.7 cm³/mol. The van der Waals surface area contributed by atoms with Crippen molar-refractivity contribution in [2.24, 2.45) is 7.05 Å². The summed E-state index contributed by atoms with van der Waals surface area (Å²) in [7, 11) is 1.77. The first-order chi connectivity index (χ1) is 11.7. The van der Waals surface area contributed by atoms with Gasteiger partial charge < -0.3 is 14.8 Å². The molecule has 0 saturated carbocycles. The van der Waals surface area contributed by atoms with Crippen molar-refractivity contribution in [2.75, 3.05) is 18.0 Å². The van der Waals surface area contributed by atoms with Crippen LogP contribution in [-0.2, 0) is 26.4 Å². The van der Waals surface area contributed by atoms with Crippen LogP contribution in [0, 0.1) is 0 Å². The largest absolute Gasteiger partial charge is 0.350 e. The van der Waals surface area contributed by atoms with Crippen molar-refractivity contribution in [3.05, 3.63) is 38.3 Å². The van der Waals surface area contributed by atoms with E-state index >= 15 is 0 Å². The molecule has 0 aromatic carbocycles. The third kappa shape index (κ3) is 3.10. The van der Waals surface area contributed by atoms with Crippen molar-refractivity contribution in [3.63, 3.8) is 0 Å². The number of anilines is 1. The van der Waals surface area contributed by atoms with E-state index in [1.165, 1.54) is 28.4 Å². The van der Waals surface area contributed by atoms with Crippen molar-refractivity contribution in [1.82, 2.24) is 19.9 Å². The average Bonchev–Trinajstić information content (AvgIpc) is 3.17. The topological polar surface area (TPSA) is 63.1 Å². The van der Waals surface area contributed by atoms with E-state index in [2.05, 4.69) is 15.2 Å². The summed E-state index contributed by atoms with van der Waals surface area (Å²) in [5.41, 5.74) is 1.30. The van der Waals surface area contributed by atoms with E-state index in [0.29, 0.717) is 11.9 Å². The van der Waals surface area contributed by atoms with Gasteiger partial charge in [0, 0.05) is 50.0 Å². The van der Waals surface area contributed by atoms with E-state index in [9.17, 15) is 4.79 Å². The van der Waals surface area contributed by atoms with Gasteiger partial charge in [0.25, 0.3) is 5.56 Å². The fourth-order valence-corrected chi connectivity index (χ4v) is 4.70. The number of fused-ring (bicyclic) bond motifs is 1. The van der Waals surface area contributed by atoms with Gasteiger partial charge in [-0.1, -0.05) is 0 Å². The van der Waals surface area contributed by atoms with Crippen LogP contribution in [0.1, 0.15) is 34.8 Å². The Morgan fingerprint density at radius 3 is 3.17 bits per heavy atom. The highest BCUT2D eigenvalue weighted by Gasteiger charge is 2.23. The van der Waals surface area contributed by atoms with Gasteiger partial charge in [-0.05, 0) is 32.1 Å². The Kier molecular flexibility index (Phi) is 4.37. The molecule has 6 nitrogen and oxygen atoms in total. The van der Waals surface area contributed by atoms with E-state index < -0.39 is 0 Å². The summed E-state index contributed by atoms with van der Waals surface area (Å²) in [6.07, 6.45) is 9.22. The Morgan fingerprint density at radius 1 is 1.38 bits per heavy atom. The van der Waals surface area contributed by atoms with Crippen LogP contribution in [0.2, 0.25) is 0 Å². The smallest absolute Gasteiger partial charge is 0.293 e. The number of aromatic nitrogens is 3. The number of hydrogen-bond donors (Lipinski definition) is 1. The van der Waals surface area contributed by atoms with E-state index in [-0.39, 0.29) is 5.56 Å². The van der Waals surface area contributed by atoms with Gasteiger partial charge in [0.05, 0.1) is 5.69 Å². The number of piperidine rings is 1. The van der Waals surface area contributed by atoms with Gasteiger partial charge in [-0.2, -0.15) is 0 Å². The van der Waals surface area contributed by atoms with E-state index in [1.54, 1.807) is 24.0 Å². The summed E-state index contributed by atoms with van der Waals surface area (Å²) >= 11 is 1.86. The summed E-state index contributed by atoms with van der Waals surface area (Å²) in [6.45, 7) is 2.56. The van der Waals surface area contributed by atoms with Gasteiger partial charge in [-0.3, -0.25) is 4.79 Å². The molecule has 1 aliphatic heterocycles. The highest BCUT2D eigenvalue weighted by Crippen LogP contribution is 2.27. The molecule has 1 atom stereocenters. The molecule has 2 aromatic rings. The third-order valence-electron chi connectivity index (χ3n) is 4.90. The minimum absolute atomic E-state index is 0.0190. The minimum Gasteiger partial charge on any atom is -0.350 e. The fraction of sp³-hybridized carbons (Fsp3) is 0.588. The standard InChI is InChI=1S/C17H23N5OS/c1-21-9-7-18-16(17(21)23)22-8-3-4-12(11-22)19-10-15-20-13-5-2-6-14(13)24-15/h7,9,12,19H,2-6,8,10-11H2,1H3/t12-/m0/s1. The molecule has 7 heteroatoms. The fourth-order valence-electron chi connectivity index (χ4n) is 3.59. The molecule has 1 saturated heterocycles. The molecule has 0 bridgehead atoms. The van der Waals surface area contributed by atoms with Crippen LogP contribution in [0.4, 0.5) is 5.82 Å². The van der Waals surface area contributed by atoms with Crippen LogP contribution in [0.5, 0.6) is 0 Å². The molecule has 128 valence electrons. The zero-order chi connectivity index (χ0) is 16.5. The molecule has 1 N–H and O–H groups in total. The Morgan fingerprint density at radius 2 is 2.29 bits per heavy atom. The van der Waals surface area contributed by atoms with Crippen LogP contribution >= 0.6 is 11.3 Å². The van der Waals surface area contributed by atoms with Crippen LogP contribution in [0.25, 0.3) is 0 Å². The molecule has 24 heavy (non-hydrogen) atoms. The normalized spacial score (nSPS) is 20.4. The quantitative estimate of drug-likeness (QED) is 0.909. The molecule has 4 rings (SSSR count). The van der Waals surface area contributed by atoms with Gasteiger partial charge in [0.2, 0.25) is 0 Å². The average molecular weight is 345 g/mol. The van der Waals surface area contributed by atoms with Crippen LogP contribution < -0.4 is 15.8 Å². The number of aryl methyl sites for hydroxylation is 3. The van der Waals surface area contributed by atoms with E-state index in [4.69, 9.17) is 4.98 Å². The maximum Gasteiger partial charge on any atom is 0.293 e. The molecule has 0 unspecified atom stereocenters. The molecule has 0 amide bonds. The second-order valence-electron chi connectivity index (χ2n) is 6.66. The van der Waals surface area contributed by atoms with Gasteiger partial charge in [0.1, 0.15) is 5.01 Å². The maximum atomic E-state index is 12.3. The summed E-state index contributed by atoms with van der Waals surface area (Å²) in [6, 6.07) is 0.379. The molecular formula is C17H23N5OS. The lowest BCUT2D eigenvalue weighted by atomic mass is 10.1. The lowest BCUT2D eigenvalue weighted by Crippen LogP contribution is -2.47. The van der Waals surface area contributed by atoms with Crippen molar-refractivity contribution in [2.45, 2.75) is 44.7 Å². The lowest BCUT2D eigenvalue weighted by Gasteiger charge is -2.33. The predicted octanol–water partition coefficient (Wildman–Crippen LogP) is 1.48. The van der Waals surface area contributed by atoms with Gasteiger partial charge >= 0.3 is 0 Å². The molecular weight excluding hydrogens is 322 g/mol. The number of nitrogens with one attached hydrogen (secondary N) is 1. The van der Waals surface area contributed by atoms with Crippen molar-refractivity contribution in [3.8, 4) is 0 Å². The number of thiazole rings is 1. The second kappa shape index (κ2) is 6.64. The maximum absolute atomic E-state index is 12.3. The third-order valence-corrected chi connectivity index (χ3v) is 6.06. The van der Waals surface area contributed by atoms with Crippen molar-refractivity contribution >= 4 is 17.2 Å². The van der Waals surface area contributed by atoms with E-state index in [1.807, 2.05) is 11.3 Å². The summed E-state index contributed by atoms with van der Waals surface area (Å²) in [5.74, 6) is 0.569. The van der Waals surface area contributed by atoms with Gasteiger partial charge in [0.15, 0.2) is 5.82 Å². The van der Waals surface area contributed by atoms with Gasteiger partial charge in [-0.25, -0.2) is 9.97 Å². The number of nitrogens with zero attached hydrogens (tertiary/aromatic N) is 4. The zero-order valence-corrected chi connectivity index (χ0v) is 14.8. The Hall–Kier alpha value is -1.73. The molecule has 1 aliphatic carbocycles. The van der Waals surface area contributed by atoms with Crippen LogP contribution in [-0.4, -0.2) is 33.7 Å². The Labute approximate surface area is 145 Å². The van der Waals surface area contributed by atoms with Crippen molar-refractivity contribution in [1.29, 1.82) is 0 Å². The van der Waals surface area contributed by atoms with Gasteiger partial charge in [-0.15, -0.1) is 11.3 Å². The SMILES string of the molecule is Cn1ccnc(N2CCC[C@H](NCc3nc4c(s3)CCC4)C2)c1=O. The first kappa shape index (κ1) is 15.8. The van der Waals surface area contributed by atoms with Crippen molar-refractivity contribution < 1.29 is 0 Å². The molecule has 0 spiro atoms. The highest BCUT2D eigenvalue weighted by molar-refractivity contribution is 7.11. The number of rotatable bonds is 4. The summed E-state index contributed by atoms with van der Waals surface area (Å²) < 4.78 is 1.59. The lowest BCUT2D eigenvalue weighted by molar-refractivity contribution is 0.418. The zero-order valence-electron chi connectivity index (χ0n) is 14.0. The van der Waals surface area contributed by atoms with Crippen LogP contribution in [0.15, 0.2) is 17.2 Å². The first-order valence-corrected chi connectivity index (χ1v) is 9.50. The summed E-state index contributed by atoms with van der Waals surface area (Å²) in [4.78, 5) is 24.9. The first-order valence-electron chi connectivity index (χ1n) is 8.68. The monoisotopic (exact) mass is 345 g/mol. The Balaban J connectivity index is 1.39. The highest BCUT2D eigenvalue weighted by atomic mass is 32.1. The minimum atomic E-state index is -0.0190. The number of hydrogen-bond acceptors (Lipinski definition) is 6. The van der Waals surface area contributed by atoms with Crippen LogP contribution in [0.3, 0.4) is 0 Å². The van der Waals surface area contributed by atoms with E-state index in [0.717, 1.165) is 38.9 Å². The second-order valence-corrected chi connectivity index (χ2v) is 7.83. The molecule has 2 aromatic heterocycles. The molecule has 2 aliphatic rings. The molecule has 1 fully saturated rings. The Bertz CT molecular complexity index is 762. The molecule has 0 radical (unpaired) electrons. The summed E-state index contributed by atoms with van der Waals surface area (Å²) in [5, 5.41) is 4.83. The molecule has 3 heterocycles.